The molecule has 0 radical (unpaired) electrons. The van der Waals surface area contributed by atoms with Gasteiger partial charge in [-0.15, -0.1) is 0 Å². The summed E-state index contributed by atoms with van der Waals surface area (Å²) >= 11 is 5.84. The number of anilines is 1. The summed E-state index contributed by atoms with van der Waals surface area (Å²) in [6, 6.07) is 9.49. The number of carbonyl (C=O) groups excluding carboxylic acids is 1. The third-order valence-corrected chi connectivity index (χ3v) is 2.60. The van der Waals surface area contributed by atoms with E-state index in [1.165, 1.54) is 36.4 Å². The van der Waals surface area contributed by atoms with E-state index in [-0.39, 0.29) is 16.3 Å². The van der Waals surface area contributed by atoms with Crippen molar-refractivity contribution in [2.24, 2.45) is 0 Å². The van der Waals surface area contributed by atoms with Crippen molar-refractivity contribution in [3.05, 3.63) is 58.9 Å². The molecule has 0 unspecified atom stereocenters. The first-order chi connectivity index (χ1) is 8.56. The van der Waals surface area contributed by atoms with Gasteiger partial charge in [-0.3, -0.25) is 4.79 Å². The summed E-state index contributed by atoms with van der Waals surface area (Å²) in [4.78, 5) is 11.8. The van der Waals surface area contributed by atoms with Crippen LogP contribution in [-0.4, -0.2) is 11.0 Å². The maximum atomic E-state index is 13.0. The van der Waals surface area contributed by atoms with Gasteiger partial charge in [-0.1, -0.05) is 17.7 Å². The first-order valence-corrected chi connectivity index (χ1v) is 5.49. The molecule has 18 heavy (non-hydrogen) atoms. The zero-order chi connectivity index (χ0) is 13.1. The largest absolute Gasteiger partial charge is 0.508 e. The van der Waals surface area contributed by atoms with Gasteiger partial charge in [0.15, 0.2) is 0 Å². The zero-order valence-electron chi connectivity index (χ0n) is 9.15. The molecule has 2 aromatic rings. The van der Waals surface area contributed by atoms with Gasteiger partial charge in [0.2, 0.25) is 0 Å². The normalized spacial score (nSPS) is 10.1. The summed E-state index contributed by atoms with van der Waals surface area (Å²) in [6.07, 6.45) is 0. The van der Waals surface area contributed by atoms with Crippen LogP contribution in [0.3, 0.4) is 0 Å². The van der Waals surface area contributed by atoms with E-state index in [1.54, 1.807) is 0 Å². The van der Waals surface area contributed by atoms with E-state index < -0.39 is 11.7 Å². The van der Waals surface area contributed by atoms with Crippen molar-refractivity contribution in [1.29, 1.82) is 0 Å². The van der Waals surface area contributed by atoms with E-state index in [0.29, 0.717) is 5.69 Å². The number of phenolic OH excluding ortho intramolecular Hbond substituents is 1. The molecule has 1 amide bonds. The van der Waals surface area contributed by atoms with Gasteiger partial charge in [0.05, 0.1) is 10.7 Å². The number of halogens is 2. The Kier molecular flexibility index (Phi) is 3.48. The predicted octanol–water partition coefficient (Wildman–Crippen LogP) is 3.44. The molecule has 2 rings (SSSR count). The van der Waals surface area contributed by atoms with E-state index in [2.05, 4.69) is 5.32 Å². The number of nitrogens with one attached hydrogen (secondary N) is 1. The minimum atomic E-state index is -0.487. The number of carbonyl (C=O) groups is 1. The van der Waals surface area contributed by atoms with E-state index in [4.69, 9.17) is 11.6 Å². The van der Waals surface area contributed by atoms with Gasteiger partial charge < -0.3 is 10.4 Å². The Labute approximate surface area is 108 Å². The van der Waals surface area contributed by atoms with Crippen LogP contribution in [0, 0.1) is 5.82 Å². The maximum Gasteiger partial charge on any atom is 0.255 e. The lowest BCUT2D eigenvalue weighted by Gasteiger charge is -2.07. The average Bonchev–Trinajstić information content (AvgIpc) is 2.32. The first-order valence-electron chi connectivity index (χ1n) is 5.12. The number of benzene rings is 2. The number of rotatable bonds is 2. The highest BCUT2D eigenvalue weighted by Crippen LogP contribution is 2.26. The molecule has 5 heteroatoms. The summed E-state index contributed by atoms with van der Waals surface area (Å²) in [5, 5.41) is 11.9. The van der Waals surface area contributed by atoms with E-state index in [0.717, 1.165) is 6.07 Å². The van der Waals surface area contributed by atoms with Crippen molar-refractivity contribution < 1.29 is 14.3 Å². The molecule has 0 bridgehead atoms. The molecule has 0 saturated carbocycles. The minimum absolute atomic E-state index is 0.00348. The monoisotopic (exact) mass is 265 g/mol. The van der Waals surface area contributed by atoms with Gasteiger partial charge in [0.1, 0.15) is 11.6 Å². The molecule has 0 aliphatic carbocycles. The van der Waals surface area contributed by atoms with Crippen LogP contribution in [0.4, 0.5) is 10.1 Å². The number of phenols is 1. The van der Waals surface area contributed by atoms with E-state index in [1.807, 2.05) is 0 Å². The molecular formula is C13H9ClFNO2. The lowest BCUT2D eigenvalue weighted by Crippen LogP contribution is -2.12. The average molecular weight is 266 g/mol. The summed E-state index contributed by atoms with van der Waals surface area (Å²) in [7, 11) is 0. The van der Waals surface area contributed by atoms with Crippen molar-refractivity contribution in [2.45, 2.75) is 0 Å². The van der Waals surface area contributed by atoms with Crippen LogP contribution < -0.4 is 5.32 Å². The second kappa shape index (κ2) is 5.06. The SMILES string of the molecule is O=C(Nc1ccc(O)cc1Cl)c1cccc(F)c1. The quantitative estimate of drug-likeness (QED) is 0.817. The molecule has 0 heterocycles. The van der Waals surface area contributed by atoms with Gasteiger partial charge >= 0.3 is 0 Å². The number of hydrogen-bond donors (Lipinski definition) is 2. The molecule has 0 aliphatic heterocycles. The second-order valence-electron chi connectivity index (χ2n) is 3.63. The standard InChI is InChI=1S/C13H9ClFNO2/c14-11-7-10(17)4-5-12(11)16-13(18)8-2-1-3-9(15)6-8/h1-7,17H,(H,16,18). The molecule has 0 aromatic heterocycles. The molecule has 92 valence electrons. The fourth-order valence-corrected chi connectivity index (χ4v) is 1.65. The maximum absolute atomic E-state index is 13.0. The number of hydrogen-bond acceptors (Lipinski definition) is 2. The Morgan fingerprint density at radius 3 is 2.67 bits per heavy atom. The van der Waals surface area contributed by atoms with Crippen molar-refractivity contribution in [2.75, 3.05) is 5.32 Å². The van der Waals surface area contributed by atoms with Crippen LogP contribution in [-0.2, 0) is 0 Å². The Bertz CT molecular complexity index is 601. The molecule has 2 aromatic carbocycles. The van der Waals surface area contributed by atoms with Crippen LogP contribution in [0.1, 0.15) is 10.4 Å². The third-order valence-electron chi connectivity index (χ3n) is 2.29. The Morgan fingerprint density at radius 1 is 1.22 bits per heavy atom. The highest BCUT2D eigenvalue weighted by Gasteiger charge is 2.09. The van der Waals surface area contributed by atoms with Crippen molar-refractivity contribution in [3.8, 4) is 5.75 Å². The Hall–Kier alpha value is -2.07. The minimum Gasteiger partial charge on any atom is -0.508 e. The predicted molar refractivity (Wildman–Crippen MR) is 67.5 cm³/mol. The highest BCUT2D eigenvalue weighted by molar-refractivity contribution is 6.34. The lowest BCUT2D eigenvalue weighted by molar-refractivity contribution is 0.102. The van der Waals surface area contributed by atoms with Gasteiger partial charge in [-0.25, -0.2) is 4.39 Å². The smallest absolute Gasteiger partial charge is 0.255 e. The molecular weight excluding hydrogens is 257 g/mol. The van der Waals surface area contributed by atoms with Crippen LogP contribution in [0.25, 0.3) is 0 Å². The summed E-state index contributed by atoms with van der Waals surface area (Å²) in [6.45, 7) is 0. The van der Waals surface area contributed by atoms with Crippen LogP contribution in [0.15, 0.2) is 42.5 Å². The van der Waals surface area contributed by atoms with Crippen LogP contribution >= 0.6 is 11.6 Å². The third kappa shape index (κ3) is 2.78. The molecule has 0 spiro atoms. The van der Waals surface area contributed by atoms with Gasteiger partial charge in [0, 0.05) is 11.6 Å². The first kappa shape index (κ1) is 12.4. The van der Waals surface area contributed by atoms with Crippen LogP contribution in [0.5, 0.6) is 5.75 Å². The van der Waals surface area contributed by atoms with Crippen molar-refractivity contribution >= 4 is 23.2 Å². The fourth-order valence-electron chi connectivity index (χ4n) is 1.43. The molecule has 2 N–H and O–H groups in total. The summed E-state index contributed by atoms with van der Waals surface area (Å²) in [5.74, 6) is -0.953. The highest BCUT2D eigenvalue weighted by atomic mass is 35.5. The Morgan fingerprint density at radius 2 is 2.00 bits per heavy atom. The molecule has 3 nitrogen and oxygen atoms in total. The number of amides is 1. The van der Waals surface area contributed by atoms with Crippen molar-refractivity contribution in [1.82, 2.24) is 0 Å². The topological polar surface area (TPSA) is 49.3 Å². The van der Waals surface area contributed by atoms with Crippen LogP contribution in [0.2, 0.25) is 5.02 Å². The molecule has 0 fully saturated rings. The molecule has 0 saturated heterocycles. The zero-order valence-corrected chi connectivity index (χ0v) is 9.91. The van der Waals surface area contributed by atoms with Gasteiger partial charge in [0.25, 0.3) is 5.91 Å². The summed E-state index contributed by atoms with van der Waals surface area (Å²) < 4.78 is 13.0. The lowest BCUT2D eigenvalue weighted by atomic mass is 10.2. The molecule has 0 atom stereocenters. The van der Waals surface area contributed by atoms with E-state index in [9.17, 15) is 14.3 Å². The summed E-state index contributed by atoms with van der Waals surface area (Å²) in [5.41, 5.74) is 0.544. The van der Waals surface area contributed by atoms with E-state index >= 15 is 0 Å². The molecule has 0 aliphatic rings. The van der Waals surface area contributed by atoms with Crippen molar-refractivity contribution in [3.63, 3.8) is 0 Å². The number of aromatic hydroxyl groups is 1. The second-order valence-corrected chi connectivity index (χ2v) is 4.04. The van der Waals surface area contributed by atoms with Gasteiger partial charge in [-0.2, -0.15) is 0 Å². The van der Waals surface area contributed by atoms with Gasteiger partial charge in [-0.05, 0) is 30.3 Å². The fraction of sp³-hybridized carbons (Fsp3) is 0. The Balaban J connectivity index is 2.21.